The average molecular weight is 759 g/mol. The summed E-state index contributed by atoms with van der Waals surface area (Å²) < 4.78 is 29.1. The van der Waals surface area contributed by atoms with Crippen molar-refractivity contribution in [3.63, 3.8) is 0 Å². The third-order valence-corrected chi connectivity index (χ3v) is 8.02. The number of oxime groups is 1. The molecule has 4 amide bonds. The van der Waals surface area contributed by atoms with Gasteiger partial charge in [-0.1, -0.05) is 9.24 Å². The number of nitrogens with zero attached hydrogens (tertiary/aromatic N) is 7. The monoisotopic (exact) mass is 758 g/mol. The second kappa shape index (κ2) is 16.6. The predicted molar refractivity (Wildman–Crippen MR) is 157 cm³/mol. The Kier molecular flexibility index (Phi) is 14.1. The number of imide groups is 1. The Hall–Kier alpha value is -3.66. The number of aliphatic hydroxyl groups is 2. The normalized spacial score (nSPS) is 15.2. The molecule has 0 aliphatic carbocycles. The number of carboxylic acids is 1. The molecule has 0 radical (unpaired) electrons. The zero-order chi connectivity index (χ0) is 35.7. The van der Waals surface area contributed by atoms with Crippen LogP contribution in [0.15, 0.2) is 32.4 Å². The largest absolute Gasteiger partial charge is 1.00 e. The molecule has 1 fully saturated rings. The van der Waals surface area contributed by atoms with Crippen LogP contribution in [0, 0.1) is 0 Å². The van der Waals surface area contributed by atoms with E-state index >= 15 is 0 Å². The van der Waals surface area contributed by atoms with Gasteiger partial charge in [-0.15, -0.1) is 16.4 Å². The summed E-state index contributed by atoms with van der Waals surface area (Å²) in [5, 5.41) is 50.4. The molecule has 27 heteroatoms. The first-order valence-electron chi connectivity index (χ1n) is 13.1. The first kappa shape index (κ1) is 42.5. The van der Waals surface area contributed by atoms with Gasteiger partial charge in [-0.3, -0.25) is 23.7 Å². The molecular weight excluding hydrogens is 734 g/mol. The molecule has 2 atom stereocenters. The topological polar surface area (TPSA) is 349 Å². The van der Waals surface area contributed by atoms with Crippen LogP contribution in [0.25, 0.3) is 16.2 Å². The van der Waals surface area contributed by atoms with Crippen LogP contribution >= 0.6 is 11.3 Å². The van der Waals surface area contributed by atoms with E-state index < -0.39 is 99.9 Å². The van der Waals surface area contributed by atoms with Gasteiger partial charge in [0.15, 0.2) is 40.0 Å². The Labute approximate surface area is 327 Å². The number of urea groups is 1. The van der Waals surface area contributed by atoms with E-state index in [0.717, 1.165) is 37.4 Å². The molecular formula is C23H24N10Na2O13S2. The number of rotatable bonds is 12. The molecule has 4 rings (SSSR count). The van der Waals surface area contributed by atoms with Gasteiger partial charge in [0.05, 0.1) is 37.0 Å². The van der Waals surface area contributed by atoms with E-state index in [1.165, 1.54) is 5.38 Å². The first-order valence-corrected chi connectivity index (χ1v) is 15.4. The van der Waals surface area contributed by atoms with Crippen LogP contribution < -0.4 is 86.4 Å². The molecule has 50 heavy (non-hydrogen) atoms. The summed E-state index contributed by atoms with van der Waals surface area (Å²) in [6, 6.07) is -2.38. The van der Waals surface area contributed by atoms with Crippen molar-refractivity contribution in [2.24, 2.45) is 5.16 Å². The summed E-state index contributed by atoms with van der Waals surface area (Å²) in [5.74, 6) is -5.24. The van der Waals surface area contributed by atoms with Crippen molar-refractivity contribution in [2.45, 2.75) is 38.1 Å². The van der Waals surface area contributed by atoms with Gasteiger partial charge < -0.3 is 55.7 Å². The van der Waals surface area contributed by atoms with Crippen LogP contribution in [0.2, 0.25) is 0 Å². The molecule has 0 unspecified atom stereocenters. The average Bonchev–Trinajstić information content (AvgIpc) is 3.58. The minimum Gasteiger partial charge on any atom is -0.546 e. The van der Waals surface area contributed by atoms with Gasteiger partial charge in [0.2, 0.25) is 5.43 Å². The van der Waals surface area contributed by atoms with Crippen LogP contribution in [-0.2, 0) is 36.0 Å². The molecule has 0 bridgehead atoms. The molecule has 3 aromatic rings. The number of aromatic amines is 1. The SMILES string of the molecule is CC(C)(O/N=C(\C(=O)N[C@H]1CN(C(=O)[N-]S(=O)(=O)n2nc(-c3cc(=O)c(O)c[nH]3)n(C[C@@H](O)CO)c2=O)C1=O)c1csc(N)n1)C(=O)[O-].[Na+].[Na+]. The fraction of sp³-hybridized carbons (Fsp3) is 0.348. The van der Waals surface area contributed by atoms with E-state index in [1.54, 1.807) is 0 Å². The zero-order valence-electron chi connectivity index (χ0n) is 26.5. The molecule has 7 N–H and O–H groups in total. The van der Waals surface area contributed by atoms with Gasteiger partial charge in [-0.25, -0.2) is 18.2 Å². The van der Waals surface area contributed by atoms with Crippen molar-refractivity contribution < 1.29 is 112 Å². The van der Waals surface area contributed by atoms with E-state index in [4.69, 9.17) is 10.6 Å². The molecule has 0 spiro atoms. The summed E-state index contributed by atoms with van der Waals surface area (Å²) in [7, 11) is -5.35. The number of aliphatic hydroxyl groups excluding tert-OH is 2. The fourth-order valence-electron chi connectivity index (χ4n) is 3.67. The van der Waals surface area contributed by atoms with Crippen LogP contribution in [0.3, 0.4) is 0 Å². The number of aromatic hydroxyl groups is 1. The fourth-order valence-corrected chi connectivity index (χ4v) is 5.07. The van der Waals surface area contributed by atoms with E-state index in [-0.39, 0.29) is 79.7 Å². The number of hydrogen-bond acceptors (Lipinski definition) is 18. The Morgan fingerprint density at radius 3 is 2.50 bits per heavy atom. The number of anilines is 1. The van der Waals surface area contributed by atoms with Gasteiger partial charge in [0, 0.05) is 17.6 Å². The van der Waals surface area contributed by atoms with Crippen LogP contribution in [0.5, 0.6) is 5.75 Å². The first-order chi connectivity index (χ1) is 22.4. The van der Waals surface area contributed by atoms with Crippen molar-refractivity contribution in [1.82, 2.24) is 33.9 Å². The zero-order valence-corrected chi connectivity index (χ0v) is 32.1. The number of carbonyl (C=O) groups is 4. The Morgan fingerprint density at radius 1 is 1.30 bits per heavy atom. The number of thiazole rings is 1. The van der Waals surface area contributed by atoms with Crippen LogP contribution in [-0.4, -0.2) is 113 Å². The van der Waals surface area contributed by atoms with Gasteiger partial charge in [-0.05, 0) is 20.4 Å². The maximum atomic E-state index is 13.0. The van der Waals surface area contributed by atoms with E-state index in [0.29, 0.717) is 9.47 Å². The summed E-state index contributed by atoms with van der Waals surface area (Å²) in [6.07, 6.45) is -0.801. The number of β-lactam (4-membered cyclic amide) rings is 1. The maximum Gasteiger partial charge on any atom is 1.00 e. The van der Waals surface area contributed by atoms with Gasteiger partial charge in [0.1, 0.15) is 5.69 Å². The molecule has 23 nitrogen and oxygen atoms in total. The van der Waals surface area contributed by atoms with Crippen molar-refractivity contribution in [3.8, 4) is 17.3 Å². The number of H-pyrrole nitrogens is 1. The molecule has 3 aromatic heterocycles. The molecule has 1 aliphatic heterocycles. The number of carboxylic acid groups (broad SMARTS) is 1. The molecule has 0 saturated carbocycles. The number of nitrogens with one attached hydrogen (secondary N) is 2. The van der Waals surface area contributed by atoms with Crippen molar-refractivity contribution in [1.29, 1.82) is 0 Å². The number of amides is 4. The summed E-state index contributed by atoms with van der Waals surface area (Å²) >= 11 is 0.896. The number of carbonyl (C=O) groups excluding carboxylic acids is 4. The third kappa shape index (κ3) is 9.16. The number of pyridine rings is 1. The number of aliphatic carboxylic acids is 1. The summed E-state index contributed by atoms with van der Waals surface area (Å²) in [6.45, 7) is -0.0636. The molecule has 4 heterocycles. The summed E-state index contributed by atoms with van der Waals surface area (Å²) in [4.78, 5) is 86.0. The second-order valence-electron chi connectivity index (χ2n) is 10.2. The van der Waals surface area contributed by atoms with Crippen LogP contribution in [0.1, 0.15) is 19.5 Å². The molecule has 258 valence electrons. The minimum absolute atomic E-state index is 0. The van der Waals surface area contributed by atoms with Crippen molar-refractivity contribution in [2.75, 3.05) is 18.9 Å². The van der Waals surface area contributed by atoms with Gasteiger partial charge in [0.25, 0.3) is 16.1 Å². The predicted octanol–water partition coefficient (Wildman–Crippen LogP) is -10.6. The smallest absolute Gasteiger partial charge is 0.546 e. The van der Waals surface area contributed by atoms with Crippen molar-refractivity contribution >= 4 is 56.2 Å². The second-order valence-corrected chi connectivity index (χ2v) is 12.5. The maximum absolute atomic E-state index is 13.0. The Balaban J connectivity index is 0.00000433. The van der Waals surface area contributed by atoms with E-state index in [9.17, 15) is 57.6 Å². The number of nitrogens with two attached hydrogens (primary N) is 1. The number of hydrogen-bond donors (Lipinski definition) is 6. The molecule has 1 aliphatic rings. The molecule has 1 saturated heterocycles. The standard InChI is InChI=1S/C23H26N10O13S2.2Na/c1-23(2,19(40)41)46-29-15(12-8-47-20(24)27-12)17(38)26-11-6-32(18(11)39)21(42)30-48(44,45)33-22(43)31(5-9(35)7-34)16(28-33)10-3-13(36)14(37)4-25-10;;/h3-4,8-9,11,34-35H,5-7H2,1-2H3,(H7,24,25,26,27,28,29,30,36,37,38,40,41,42);;/q;2*+1/p-2/t9-,11+;;/m1../s1. The van der Waals surface area contributed by atoms with Crippen molar-refractivity contribution in [3.05, 3.63) is 48.8 Å². The van der Waals surface area contributed by atoms with Gasteiger partial charge in [-0.2, -0.15) is 0 Å². The third-order valence-electron chi connectivity index (χ3n) is 6.29. The van der Waals surface area contributed by atoms with E-state index in [1.807, 2.05) is 0 Å². The number of likely N-dealkylation sites (tertiary alicyclic amines) is 1. The summed E-state index contributed by atoms with van der Waals surface area (Å²) in [5.41, 5.74) is 0.0703. The molecule has 0 aromatic carbocycles. The quantitative estimate of drug-likeness (QED) is 0.0432. The number of nitrogen functional groups attached to an aromatic ring is 1. The number of aromatic nitrogens is 5. The Morgan fingerprint density at radius 2 is 1.96 bits per heavy atom. The Bertz CT molecular complexity index is 2060. The minimum atomic E-state index is -5.35. The van der Waals surface area contributed by atoms with Crippen LogP contribution in [0.4, 0.5) is 9.93 Å². The van der Waals surface area contributed by atoms with E-state index in [2.05, 4.69) is 30.3 Å². The van der Waals surface area contributed by atoms with Gasteiger partial charge >= 0.3 is 64.8 Å².